The smallest absolute Gasteiger partial charge is 0.120 e. The molecule has 1 aromatic carbocycles. The van der Waals surface area contributed by atoms with Gasteiger partial charge in [-0.15, -0.1) is 5.10 Å². The number of benzene rings is 1. The van der Waals surface area contributed by atoms with Crippen LogP contribution in [0.1, 0.15) is 44.2 Å². The molecule has 0 bridgehead atoms. The van der Waals surface area contributed by atoms with Gasteiger partial charge in [0.15, 0.2) is 0 Å². The molecule has 0 radical (unpaired) electrons. The molecule has 2 heterocycles. The van der Waals surface area contributed by atoms with Gasteiger partial charge < -0.3 is 0 Å². The van der Waals surface area contributed by atoms with Gasteiger partial charge in [0.2, 0.25) is 0 Å². The number of hydrogen-bond donors (Lipinski definition) is 0. The van der Waals surface area contributed by atoms with E-state index in [1.54, 1.807) is 5.57 Å². The average Bonchev–Trinajstić information content (AvgIpc) is 2.99. The second kappa shape index (κ2) is 4.89. The van der Waals surface area contributed by atoms with Crippen molar-refractivity contribution in [2.24, 2.45) is 0 Å². The third-order valence-electron chi connectivity index (χ3n) is 4.49. The molecule has 2 aliphatic rings. The quantitative estimate of drug-likeness (QED) is 0.778. The van der Waals surface area contributed by atoms with E-state index in [9.17, 15) is 0 Å². The zero-order valence-electron chi connectivity index (χ0n) is 11.7. The number of aromatic nitrogens is 3. The first-order valence-corrected chi connectivity index (χ1v) is 7.63. The molecule has 0 saturated carbocycles. The molecule has 0 amide bonds. The summed E-state index contributed by atoms with van der Waals surface area (Å²) in [5.74, 6) is 0. The third kappa shape index (κ3) is 1.89. The minimum Gasteiger partial charge on any atom is -0.240 e. The van der Waals surface area contributed by atoms with Gasteiger partial charge in [0.25, 0.3) is 0 Å². The number of allylic oxidation sites excluding steroid dienone is 2. The van der Waals surface area contributed by atoms with Crippen LogP contribution in [0.4, 0.5) is 0 Å². The van der Waals surface area contributed by atoms with Crippen molar-refractivity contribution in [1.29, 1.82) is 0 Å². The highest BCUT2D eigenvalue weighted by molar-refractivity contribution is 5.80. The number of rotatable bonds is 1. The highest BCUT2D eigenvalue weighted by atomic mass is 15.4. The molecule has 0 fully saturated rings. The number of fused-ring (bicyclic) bond motifs is 2. The summed E-state index contributed by atoms with van der Waals surface area (Å²) in [6, 6.07) is 10.5. The van der Waals surface area contributed by atoms with E-state index >= 15 is 0 Å². The van der Waals surface area contributed by atoms with Crippen LogP contribution in [0.25, 0.3) is 16.8 Å². The Labute approximate surface area is 119 Å². The van der Waals surface area contributed by atoms with Gasteiger partial charge in [-0.1, -0.05) is 48.4 Å². The molecule has 20 heavy (non-hydrogen) atoms. The van der Waals surface area contributed by atoms with E-state index in [2.05, 4.69) is 39.3 Å². The first kappa shape index (κ1) is 11.9. The van der Waals surface area contributed by atoms with E-state index in [1.165, 1.54) is 55.4 Å². The SMILES string of the molecule is c1ccc(-c2nnn3c2C2=C(CCCCCC2)C3)cc1. The van der Waals surface area contributed by atoms with Gasteiger partial charge in [0, 0.05) is 5.56 Å². The van der Waals surface area contributed by atoms with Gasteiger partial charge in [0.05, 0.1) is 12.2 Å². The summed E-state index contributed by atoms with van der Waals surface area (Å²) in [4.78, 5) is 0. The monoisotopic (exact) mass is 265 g/mol. The molecule has 0 unspecified atom stereocenters. The second-order valence-electron chi connectivity index (χ2n) is 5.81. The maximum absolute atomic E-state index is 4.43. The maximum atomic E-state index is 4.43. The van der Waals surface area contributed by atoms with Crippen LogP contribution in [0.5, 0.6) is 0 Å². The largest absolute Gasteiger partial charge is 0.240 e. The Morgan fingerprint density at radius 2 is 1.70 bits per heavy atom. The van der Waals surface area contributed by atoms with E-state index in [4.69, 9.17) is 0 Å². The molecule has 102 valence electrons. The highest BCUT2D eigenvalue weighted by Crippen LogP contribution is 2.39. The third-order valence-corrected chi connectivity index (χ3v) is 4.49. The van der Waals surface area contributed by atoms with Gasteiger partial charge in [-0.3, -0.25) is 0 Å². The fourth-order valence-corrected chi connectivity index (χ4v) is 3.48. The standard InChI is InChI=1S/C17H19N3/c1-2-7-11-15-14(10-4-1)12-20-17(15)16(18-19-20)13-8-5-3-6-9-13/h3,5-6,8-9H,1-2,4,7,10-12H2. The zero-order chi connectivity index (χ0) is 13.4. The minimum atomic E-state index is 0.963. The summed E-state index contributed by atoms with van der Waals surface area (Å²) < 4.78 is 2.11. The molecule has 4 rings (SSSR count). The summed E-state index contributed by atoms with van der Waals surface area (Å²) in [7, 11) is 0. The van der Waals surface area contributed by atoms with Gasteiger partial charge in [0.1, 0.15) is 5.69 Å². The van der Waals surface area contributed by atoms with Crippen molar-refractivity contribution in [2.75, 3.05) is 0 Å². The zero-order valence-corrected chi connectivity index (χ0v) is 11.7. The van der Waals surface area contributed by atoms with Crippen LogP contribution in [0.15, 0.2) is 35.9 Å². The first-order valence-electron chi connectivity index (χ1n) is 7.63. The topological polar surface area (TPSA) is 30.7 Å². The van der Waals surface area contributed by atoms with Crippen molar-refractivity contribution in [2.45, 2.75) is 45.1 Å². The van der Waals surface area contributed by atoms with Crippen molar-refractivity contribution >= 4 is 5.57 Å². The Bertz CT molecular complexity index is 652. The minimum absolute atomic E-state index is 0.963. The maximum Gasteiger partial charge on any atom is 0.120 e. The first-order chi connectivity index (χ1) is 9.93. The van der Waals surface area contributed by atoms with Crippen LogP contribution in [0, 0.1) is 0 Å². The lowest BCUT2D eigenvalue weighted by molar-refractivity contribution is 0.603. The van der Waals surface area contributed by atoms with Gasteiger partial charge in [-0.25, -0.2) is 4.68 Å². The molecule has 1 aliphatic heterocycles. The summed E-state index contributed by atoms with van der Waals surface area (Å²) >= 11 is 0. The molecule has 0 spiro atoms. The number of hydrogen-bond acceptors (Lipinski definition) is 2. The van der Waals surface area contributed by atoms with E-state index < -0.39 is 0 Å². The van der Waals surface area contributed by atoms with Crippen LogP contribution in [-0.4, -0.2) is 15.0 Å². The van der Waals surface area contributed by atoms with Crippen molar-refractivity contribution < 1.29 is 0 Å². The fraction of sp³-hybridized carbons (Fsp3) is 0.412. The van der Waals surface area contributed by atoms with Crippen molar-refractivity contribution in [3.05, 3.63) is 41.6 Å². The van der Waals surface area contributed by atoms with E-state index in [0.29, 0.717) is 0 Å². The average molecular weight is 265 g/mol. The molecular weight excluding hydrogens is 246 g/mol. The second-order valence-corrected chi connectivity index (χ2v) is 5.81. The van der Waals surface area contributed by atoms with E-state index in [-0.39, 0.29) is 0 Å². The number of nitrogens with zero attached hydrogens (tertiary/aromatic N) is 3. The molecule has 0 N–H and O–H groups in total. The molecule has 0 atom stereocenters. The lowest BCUT2D eigenvalue weighted by atomic mass is 9.92. The van der Waals surface area contributed by atoms with Crippen molar-refractivity contribution in [3.8, 4) is 11.3 Å². The van der Waals surface area contributed by atoms with Gasteiger partial charge in [-0.2, -0.15) is 0 Å². The van der Waals surface area contributed by atoms with Crippen molar-refractivity contribution in [3.63, 3.8) is 0 Å². The molecule has 3 nitrogen and oxygen atoms in total. The van der Waals surface area contributed by atoms with Crippen LogP contribution >= 0.6 is 0 Å². The van der Waals surface area contributed by atoms with Crippen LogP contribution in [-0.2, 0) is 6.54 Å². The summed E-state index contributed by atoms with van der Waals surface area (Å²) in [6.07, 6.45) is 7.81. The van der Waals surface area contributed by atoms with Gasteiger partial charge >= 0.3 is 0 Å². The van der Waals surface area contributed by atoms with Crippen LogP contribution in [0.3, 0.4) is 0 Å². The molecule has 1 aliphatic carbocycles. The Morgan fingerprint density at radius 3 is 2.55 bits per heavy atom. The Hall–Kier alpha value is -1.90. The molecule has 1 aromatic heterocycles. The molecule has 3 heteroatoms. The molecule has 0 saturated heterocycles. The van der Waals surface area contributed by atoms with Gasteiger partial charge in [-0.05, 0) is 36.8 Å². The highest BCUT2D eigenvalue weighted by Gasteiger charge is 2.27. The molecular formula is C17H19N3. The summed E-state index contributed by atoms with van der Waals surface area (Å²) in [5, 5.41) is 8.82. The lowest BCUT2D eigenvalue weighted by Crippen LogP contribution is -1.98. The van der Waals surface area contributed by atoms with Crippen molar-refractivity contribution in [1.82, 2.24) is 15.0 Å². The predicted molar refractivity (Wildman–Crippen MR) is 80.1 cm³/mol. The summed E-state index contributed by atoms with van der Waals surface area (Å²) in [6.45, 7) is 0.963. The Kier molecular flexibility index (Phi) is 2.91. The Morgan fingerprint density at radius 1 is 0.900 bits per heavy atom. The van der Waals surface area contributed by atoms with E-state index in [1.807, 2.05) is 6.07 Å². The molecule has 2 aromatic rings. The van der Waals surface area contributed by atoms with E-state index in [0.717, 1.165) is 12.2 Å². The Balaban J connectivity index is 1.80. The fourth-order valence-electron chi connectivity index (χ4n) is 3.48. The summed E-state index contributed by atoms with van der Waals surface area (Å²) in [5.41, 5.74) is 6.68. The predicted octanol–water partition coefficient (Wildman–Crippen LogP) is 4.07. The van der Waals surface area contributed by atoms with Crippen LogP contribution in [0.2, 0.25) is 0 Å². The van der Waals surface area contributed by atoms with Crippen LogP contribution < -0.4 is 0 Å². The normalized spacial score (nSPS) is 18.4. The lowest BCUT2D eigenvalue weighted by Gasteiger charge is -2.12.